The van der Waals surface area contributed by atoms with Crippen LogP contribution in [0.5, 0.6) is 0 Å². The Morgan fingerprint density at radius 3 is 2.43 bits per heavy atom. The first-order valence-corrected chi connectivity index (χ1v) is 10.3. The highest BCUT2D eigenvalue weighted by Gasteiger charge is 2.21. The van der Waals surface area contributed by atoms with E-state index in [9.17, 15) is 18.0 Å². The molecule has 28 heavy (non-hydrogen) atoms. The molecule has 9 heteroatoms. The third-order valence-electron chi connectivity index (χ3n) is 3.55. The van der Waals surface area contributed by atoms with Crippen LogP contribution in [0.1, 0.15) is 29.8 Å². The number of carbonyl (C=O) groups excluding carboxylic acids is 2. The summed E-state index contributed by atoms with van der Waals surface area (Å²) in [6.45, 7) is 3.16. The second kappa shape index (κ2) is 9.68. The number of hydrogen-bond donors (Lipinski definition) is 2. The first kappa shape index (κ1) is 21.9. The summed E-state index contributed by atoms with van der Waals surface area (Å²) in [4.78, 5) is 23.5. The number of rotatable bonds is 8. The van der Waals surface area contributed by atoms with Crippen molar-refractivity contribution in [1.82, 2.24) is 10.0 Å². The molecule has 2 aromatic rings. The summed E-state index contributed by atoms with van der Waals surface area (Å²) in [5.41, 5.74) is 0.746. The van der Waals surface area contributed by atoms with E-state index in [0.717, 1.165) is 11.6 Å². The topological polar surface area (TPSA) is 102 Å². The summed E-state index contributed by atoms with van der Waals surface area (Å²) in [6.07, 6.45) is 0. The van der Waals surface area contributed by atoms with Crippen LogP contribution >= 0.6 is 11.6 Å². The van der Waals surface area contributed by atoms with E-state index in [2.05, 4.69) is 10.0 Å². The molecule has 2 rings (SSSR count). The molecule has 150 valence electrons. The Bertz CT molecular complexity index is 946. The zero-order valence-corrected chi connectivity index (χ0v) is 17.0. The minimum atomic E-state index is -3.96. The maximum absolute atomic E-state index is 12.6. The van der Waals surface area contributed by atoms with Crippen molar-refractivity contribution in [2.75, 3.05) is 6.61 Å². The van der Waals surface area contributed by atoms with E-state index >= 15 is 0 Å². The monoisotopic (exact) mass is 424 g/mol. The Labute approximate surface area is 169 Å². The average molecular weight is 425 g/mol. The lowest BCUT2D eigenvalue weighted by molar-refractivity contribution is -0.124. The molecule has 0 saturated carbocycles. The molecule has 0 radical (unpaired) electrons. The summed E-state index contributed by atoms with van der Waals surface area (Å²) in [7, 11) is -3.96. The van der Waals surface area contributed by atoms with E-state index < -0.39 is 28.5 Å². The van der Waals surface area contributed by atoms with E-state index in [1.54, 1.807) is 38.1 Å². The van der Waals surface area contributed by atoms with Crippen LogP contribution in [-0.4, -0.2) is 32.9 Å². The van der Waals surface area contributed by atoms with E-state index in [1.165, 1.54) is 12.1 Å². The molecule has 0 spiro atoms. The van der Waals surface area contributed by atoms with Crippen molar-refractivity contribution in [3.05, 3.63) is 64.7 Å². The Morgan fingerprint density at radius 2 is 1.79 bits per heavy atom. The molecule has 0 aliphatic heterocycles. The number of benzene rings is 2. The molecule has 1 amide bonds. The molecule has 0 unspecified atom stereocenters. The number of sulfonamides is 1. The molecule has 2 N–H and O–H groups in total. The van der Waals surface area contributed by atoms with Crippen LogP contribution in [0, 0.1) is 0 Å². The lowest BCUT2D eigenvalue weighted by atomic mass is 10.2. The molecule has 0 aromatic heterocycles. The number of halogens is 1. The highest BCUT2D eigenvalue weighted by Crippen LogP contribution is 2.23. The average Bonchev–Trinajstić information content (AvgIpc) is 2.65. The maximum atomic E-state index is 12.6. The van der Waals surface area contributed by atoms with Gasteiger partial charge in [0.05, 0.1) is 10.6 Å². The van der Waals surface area contributed by atoms with Gasteiger partial charge >= 0.3 is 5.97 Å². The molecular weight excluding hydrogens is 404 g/mol. The van der Waals surface area contributed by atoms with Crippen LogP contribution in [-0.2, 0) is 26.1 Å². The van der Waals surface area contributed by atoms with Crippen molar-refractivity contribution in [2.24, 2.45) is 0 Å². The SMILES string of the molecule is CC(C)NC(=O)COC(=O)c1ccc(Cl)c(S(=O)(=O)NCc2ccccc2)c1. The van der Waals surface area contributed by atoms with Gasteiger partial charge < -0.3 is 10.1 Å². The van der Waals surface area contributed by atoms with Crippen molar-refractivity contribution < 1.29 is 22.7 Å². The fraction of sp³-hybridized carbons (Fsp3) is 0.263. The number of amides is 1. The van der Waals surface area contributed by atoms with Gasteiger partial charge in [-0.2, -0.15) is 0 Å². The van der Waals surface area contributed by atoms with Gasteiger partial charge in [0.1, 0.15) is 4.90 Å². The third kappa shape index (κ3) is 6.33. The molecule has 0 aliphatic carbocycles. The van der Waals surface area contributed by atoms with E-state index in [1.807, 2.05) is 6.07 Å². The van der Waals surface area contributed by atoms with Crippen LogP contribution in [0.2, 0.25) is 5.02 Å². The van der Waals surface area contributed by atoms with Crippen LogP contribution in [0.15, 0.2) is 53.4 Å². The third-order valence-corrected chi connectivity index (χ3v) is 5.43. The fourth-order valence-electron chi connectivity index (χ4n) is 2.27. The fourth-order valence-corrected chi connectivity index (χ4v) is 3.81. The zero-order valence-electron chi connectivity index (χ0n) is 15.4. The molecule has 0 saturated heterocycles. The summed E-state index contributed by atoms with van der Waals surface area (Å²) >= 11 is 6.02. The first-order chi connectivity index (χ1) is 13.2. The smallest absolute Gasteiger partial charge is 0.338 e. The number of nitrogens with one attached hydrogen (secondary N) is 2. The normalized spacial score (nSPS) is 11.3. The molecule has 0 bridgehead atoms. The largest absolute Gasteiger partial charge is 0.452 e. The standard InChI is InChI=1S/C19H21ClN2O5S/c1-13(2)22-18(23)12-27-19(24)15-8-9-16(20)17(10-15)28(25,26)21-11-14-6-4-3-5-7-14/h3-10,13,21H,11-12H2,1-2H3,(H,22,23). The highest BCUT2D eigenvalue weighted by molar-refractivity contribution is 7.89. The van der Waals surface area contributed by atoms with Gasteiger partial charge in [0.2, 0.25) is 10.0 Å². The molecule has 0 heterocycles. The van der Waals surface area contributed by atoms with Gasteiger partial charge in [-0.1, -0.05) is 41.9 Å². The van der Waals surface area contributed by atoms with Gasteiger partial charge in [0, 0.05) is 12.6 Å². The van der Waals surface area contributed by atoms with E-state index in [0.29, 0.717) is 0 Å². The Morgan fingerprint density at radius 1 is 1.11 bits per heavy atom. The summed E-state index contributed by atoms with van der Waals surface area (Å²) in [5.74, 6) is -1.27. The van der Waals surface area contributed by atoms with Gasteiger partial charge in [0.15, 0.2) is 6.61 Å². The number of esters is 1. The molecular formula is C19H21ClN2O5S. The van der Waals surface area contributed by atoms with Gasteiger partial charge in [-0.05, 0) is 37.6 Å². The Balaban J connectivity index is 2.11. The number of hydrogen-bond acceptors (Lipinski definition) is 5. The Kier molecular flexibility index (Phi) is 7.56. The molecule has 2 aromatic carbocycles. The highest BCUT2D eigenvalue weighted by atomic mass is 35.5. The number of carbonyl (C=O) groups is 2. The van der Waals surface area contributed by atoms with Crippen molar-refractivity contribution in [2.45, 2.75) is 31.3 Å². The van der Waals surface area contributed by atoms with Gasteiger partial charge in [0.25, 0.3) is 5.91 Å². The predicted molar refractivity (Wildman–Crippen MR) is 105 cm³/mol. The van der Waals surface area contributed by atoms with E-state index in [-0.39, 0.29) is 28.1 Å². The summed E-state index contributed by atoms with van der Waals surface area (Å²) in [5, 5.41) is 2.55. The molecule has 0 atom stereocenters. The van der Waals surface area contributed by atoms with Crippen molar-refractivity contribution in [1.29, 1.82) is 0 Å². The predicted octanol–water partition coefficient (Wildman–Crippen LogP) is 2.50. The van der Waals surface area contributed by atoms with Gasteiger partial charge in [-0.15, -0.1) is 0 Å². The molecule has 0 fully saturated rings. The first-order valence-electron chi connectivity index (χ1n) is 8.48. The summed E-state index contributed by atoms with van der Waals surface area (Å²) in [6, 6.07) is 12.6. The van der Waals surface area contributed by atoms with Crippen LogP contribution < -0.4 is 10.0 Å². The zero-order chi connectivity index (χ0) is 20.7. The van der Waals surface area contributed by atoms with Crippen molar-refractivity contribution >= 4 is 33.5 Å². The quantitative estimate of drug-likeness (QED) is 0.634. The summed E-state index contributed by atoms with van der Waals surface area (Å²) < 4.78 is 32.5. The Hall–Kier alpha value is -2.42. The van der Waals surface area contributed by atoms with Crippen LogP contribution in [0.25, 0.3) is 0 Å². The maximum Gasteiger partial charge on any atom is 0.338 e. The lowest BCUT2D eigenvalue weighted by Crippen LogP contribution is -2.34. The molecule has 7 nitrogen and oxygen atoms in total. The van der Waals surface area contributed by atoms with Gasteiger partial charge in [-0.25, -0.2) is 17.9 Å². The minimum absolute atomic E-state index is 0.0261. The van der Waals surface area contributed by atoms with Crippen LogP contribution in [0.3, 0.4) is 0 Å². The van der Waals surface area contributed by atoms with Gasteiger partial charge in [-0.3, -0.25) is 4.79 Å². The van der Waals surface area contributed by atoms with Crippen molar-refractivity contribution in [3.63, 3.8) is 0 Å². The minimum Gasteiger partial charge on any atom is -0.452 e. The van der Waals surface area contributed by atoms with Crippen molar-refractivity contribution in [3.8, 4) is 0 Å². The molecule has 0 aliphatic rings. The second-order valence-corrected chi connectivity index (χ2v) is 8.40. The van der Waals surface area contributed by atoms with Crippen LogP contribution in [0.4, 0.5) is 0 Å². The second-order valence-electron chi connectivity index (χ2n) is 6.25. The number of ether oxygens (including phenoxy) is 1. The lowest BCUT2D eigenvalue weighted by Gasteiger charge is -2.11. The van der Waals surface area contributed by atoms with E-state index in [4.69, 9.17) is 16.3 Å².